The van der Waals surface area contributed by atoms with Gasteiger partial charge in [0.1, 0.15) is 16.5 Å². The zero-order valence-electron chi connectivity index (χ0n) is 14.2. The van der Waals surface area contributed by atoms with E-state index in [1.54, 1.807) is 4.90 Å². The number of amides is 1. The molecule has 0 bridgehead atoms. The number of nitrogens with zero attached hydrogens (tertiary/aromatic N) is 2. The molecule has 1 aromatic rings. The number of sulfonamides is 1. The number of carbonyl (C=O) groups is 1. The van der Waals surface area contributed by atoms with Crippen molar-refractivity contribution in [2.45, 2.75) is 25.2 Å². The summed E-state index contributed by atoms with van der Waals surface area (Å²) in [5, 5.41) is 0. The van der Waals surface area contributed by atoms with Gasteiger partial charge >= 0.3 is 0 Å². The van der Waals surface area contributed by atoms with E-state index in [1.807, 2.05) is 13.8 Å². The molecule has 1 aromatic carbocycles. The van der Waals surface area contributed by atoms with Crippen molar-refractivity contribution in [1.82, 2.24) is 9.21 Å². The van der Waals surface area contributed by atoms with Crippen LogP contribution in [-0.4, -0.2) is 56.8 Å². The van der Waals surface area contributed by atoms with Crippen LogP contribution in [0.25, 0.3) is 0 Å². The number of benzene rings is 1. The molecule has 0 saturated carbocycles. The van der Waals surface area contributed by atoms with Crippen LogP contribution in [0.1, 0.15) is 20.3 Å². The van der Waals surface area contributed by atoms with E-state index < -0.39 is 15.8 Å². The third-order valence-electron chi connectivity index (χ3n) is 3.92. The molecule has 134 valence electrons. The average Bonchev–Trinajstić information content (AvgIpc) is 2.54. The van der Waals surface area contributed by atoms with Crippen molar-refractivity contribution in [2.75, 3.05) is 33.3 Å². The van der Waals surface area contributed by atoms with E-state index in [0.717, 1.165) is 12.1 Å². The summed E-state index contributed by atoms with van der Waals surface area (Å²) in [5.74, 6) is -0.240. The molecule has 0 unspecified atom stereocenters. The highest BCUT2D eigenvalue weighted by atomic mass is 32.2. The highest BCUT2D eigenvalue weighted by Crippen LogP contribution is 2.28. The summed E-state index contributed by atoms with van der Waals surface area (Å²) in [7, 11) is -2.53. The number of halogens is 1. The Hall–Kier alpha value is -1.67. The fraction of sp³-hybridized carbons (Fsp3) is 0.562. The minimum Gasteiger partial charge on any atom is -0.495 e. The first-order valence-electron chi connectivity index (χ1n) is 7.87. The highest BCUT2D eigenvalue weighted by Gasteiger charge is 2.32. The summed E-state index contributed by atoms with van der Waals surface area (Å²) in [6.45, 7) is 4.98. The second-order valence-corrected chi connectivity index (χ2v) is 8.08. The Morgan fingerprint density at radius 1 is 1.25 bits per heavy atom. The zero-order valence-corrected chi connectivity index (χ0v) is 15.0. The van der Waals surface area contributed by atoms with Crippen LogP contribution in [0.3, 0.4) is 0 Å². The molecule has 6 nitrogen and oxygen atoms in total. The van der Waals surface area contributed by atoms with Crippen LogP contribution in [0.4, 0.5) is 4.39 Å². The number of methoxy groups -OCH3 is 1. The summed E-state index contributed by atoms with van der Waals surface area (Å²) in [4.78, 5) is 13.6. The van der Waals surface area contributed by atoms with Crippen molar-refractivity contribution < 1.29 is 22.3 Å². The molecule has 1 aliphatic heterocycles. The normalized spacial score (nSPS) is 16.5. The van der Waals surface area contributed by atoms with Crippen molar-refractivity contribution in [1.29, 1.82) is 0 Å². The largest absolute Gasteiger partial charge is 0.495 e. The maximum atomic E-state index is 13.5. The third-order valence-corrected chi connectivity index (χ3v) is 5.84. The van der Waals surface area contributed by atoms with Crippen LogP contribution >= 0.6 is 0 Å². The fourth-order valence-electron chi connectivity index (χ4n) is 2.65. The molecule has 1 heterocycles. The summed E-state index contributed by atoms with van der Waals surface area (Å²) in [6, 6.07) is 3.41. The van der Waals surface area contributed by atoms with Gasteiger partial charge in [-0.05, 0) is 24.1 Å². The van der Waals surface area contributed by atoms with Gasteiger partial charge in [-0.1, -0.05) is 13.8 Å². The van der Waals surface area contributed by atoms with E-state index in [4.69, 9.17) is 4.74 Å². The minimum atomic E-state index is -3.87. The topological polar surface area (TPSA) is 66.9 Å². The lowest BCUT2D eigenvalue weighted by molar-refractivity contribution is -0.133. The Morgan fingerprint density at radius 3 is 2.42 bits per heavy atom. The molecule has 0 radical (unpaired) electrons. The summed E-state index contributed by atoms with van der Waals surface area (Å²) >= 11 is 0. The van der Waals surface area contributed by atoms with Crippen LogP contribution in [0, 0.1) is 11.7 Å². The standard InChI is InChI=1S/C16H23FN2O4S/c1-12(2)10-16(20)18-6-8-19(9-7-18)24(21,22)15-11-13(17)4-5-14(15)23-3/h4-5,11-12H,6-10H2,1-3H3. The molecular formula is C16H23FN2O4S. The third kappa shape index (κ3) is 4.05. The monoisotopic (exact) mass is 358 g/mol. The summed E-state index contributed by atoms with van der Waals surface area (Å²) in [5.41, 5.74) is 0. The van der Waals surface area contributed by atoms with E-state index in [2.05, 4.69) is 0 Å². The molecule has 0 aromatic heterocycles. The van der Waals surface area contributed by atoms with Crippen LogP contribution in [0.15, 0.2) is 23.1 Å². The molecule has 24 heavy (non-hydrogen) atoms. The minimum absolute atomic E-state index is 0.0328. The smallest absolute Gasteiger partial charge is 0.246 e. The number of rotatable bonds is 5. The van der Waals surface area contributed by atoms with Crippen molar-refractivity contribution >= 4 is 15.9 Å². The average molecular weight is 358 g/mol. The van der Waals surface area contributed by atoms with Crippen molar-refractivity contribution in [2.24, 2.45) is 5.92 Å². The lowest BCUT2D eigenvalue weighted by Crippen LogP contribution is -2.50. The molecule has 0 aliphatic carbocycles. The van der Waals surface area contributed by atoms with Gasteiger partial charge in [0, 0.05) is 32.6 Å². The van der Waals surface area contributed by atoms with E-state index >= 15 is 0 Å². The van der Waals surface area contributed by atoms with Gasteiger partial charge in [-0.15, -0.1) is 0 Å². The quantitative estimate of drug-likeness (QED) is 0.804. The lowest BCUT2D eigenvalue weighted by Gasteiger charge is -2.34. The second-order valence-electron chi connectivity index (χ2n) is 6.18. The Kier molecular flexibility index (Phi) is 5.82. The van der Waals surface area contributed by atoms with Crippen LogP contribution < -0.4 is 4.74 Å². The first-order valence-corrected chi connectivity index (χ1v) is 9.31. The van der Waals surface area contributed by atoms with Crippen LogP contribution in [0.2, 0.25) is 0 Å². The molecule has 1 amide bonds. The molecule has 0 N–H and O–H groups in total. The van der Waals surface area contributed by atoms with Gasteiger partial charge < -0.3 is 9.64 Å². The van der Waals surface area contributed by atoms with Gasteiger partial charge in [0.2, 0.25) is 15.9 Å². The first-order chi connectivity index (χ1) is 11.3. The number of carbonyl (C=O) groups excluding carboxylic acids is 1. The van der Waals surface area contributed by atoms with E-state index in [1.165, 1.54) is 17.5 Å². The van der Waals surface area contributed by atoms with Crippen LogP contribution in [-0.2, 0) is 14.8 Å². The van der Waals surface area contributed by atoms with Crippen LogP contribution in [0.5, 0.6) is 5.75 Å². The molecule has 1 saturated heterocycles. The predicted octanol–water partition coefficient (Wildman–Crippen LogP) is 1.71. The number of piperazine rings is 1. The van der Waals surface area contributed by atoms with E-state index in [9.17, 15) is 17.6 Å². The Labute approximate surface area is 142 Å². The predicted molar refractivity (Wildman–Crippen MR) is 87.7 cm³/mol. The van der Waals surface area contributed by atoms with Gasteiger partial charge in [0.05, 0.1) is 7.11 Å². The SMILES string of the molecule is COc1ccc(F)cc1S(=O)(=O)N1CCN(C(=O)CC(C)C)CC1. The van der Waals surface area contributed by atoms with Gasteiger partial charge in [-0.2, -0.15) is 4.31 Å². The molecule has 1 fully saturated rings. The van der Waals surface area contributed by atoms with Crippen molar-refractivity contribution in [3.8, 4) is 5.75 Å². The van der Waals surface area contributed by atoms with Gasteiger partial charge in [0.15, 0.2) is 0 Å². The molecule has 2 rings (SSSR count). The molecule has 0 spiro atoms. The molecule has 1 aliphatic rings. The van der Waals surface area contributed by atoms with Gasteiger partial charge in [-0.3, -0.25) is 4.79 Å². The maximum Gasteiger partial charge on any atom is 0.246 e. The van der Waals surface area contributed by atoms with E-state index in [0.29, 0.717) is 19.5 Å². The second kappa shape index (κ2) is 7.48. The Balaban J connectivity index is 2.13. The van der Waals surface area contributed by atoms with Crippen molar-refractivity contribution in [3.05, 3.63) is 24.0 Å². The number of hydrogen-bond acceptors (Lipinski definition) is 4. The molecule has 0 atom stereocenters. The number of ether oxygens (including phenoxy) is 1. The Morgan fingerprint density at radius 2 is 1.88 bits per heavy atom. The molecular weight excluding hydrogens is 335 g/mol. The maximum absolute atomic E-state index is 13.5. The summed E-state index contributed by atoms with van der Waals surface area (Å²) < 4.78 is 45.3. The Bertz CT molecular complexity index is 698. The first kappa shape index (κ1) is 18.7. The molecule has 8 heteroatoms. The zero-order chi connectivity index (χ0) is 17.9. The summed E-state index contributed by atoms with van der Waals surface area (Å²) in [6.07, 6.45) is 0.449. The van der Waals surface area contributed by atoms with Gasteiger partial charge in [0.25, 0.3) is 0 Å². The fourth-order valence-corrected chi connectivity index (χ4v) is 4.24. The number of hydrogen-bond donors (Lipinski definition) is 0. The lowest BCUT2D eigenvalue weighted by atomic mass is 10.1. The van der Waals surface area contributed by atoms with Crippen molar-refractivity contribution in [3.63, 3.8) is 0 Å². The van der Waals surface area contributed by atoms with Gasteiger partial charge in [-0.25, -0.2) is 12.8 Å². The van der Waals surface area contributed by atoms with E-state index in [-0.39, 0.29) is 35.6 Å². The highest BCUT2D eigenvalue weighted by molar-refractivity contribution is 7.89.